The molecule has 0 unspecified atom stereocenters. The van der Waals surface area contributed by atoms with Crippen LogP contribution in [-0.4, -0.2) is 48.1 Å². The highest BCUT2D eigenvalue weighted by atomic mass is 19.1. The minimum absolute atomic E-state index is 0.0416. The number of hydrogen-bond donors (Lipinski definition) is 2. The minimum Gasteiger partial charge on any atom is -0.496 e. The Morgan fingerprint density at radius 1 is 0.907 bits per heavy atom. The van der Waals surface area contributed by atoms with Gasteiger partial charge in [-0.05, 0) is 77.0 Å². The summed E-state index contributed by atoms with van der Waals surface area (Å²) < 4.78 is 20.6. The van der Waals surface area contributed by atoms with Crippen molar-refractivity contribution < 1.29 is 23.8 Å². The molecule has 0 saturated carbocycles. The Balaban J connectivity index is 1.51. The number of carbonyl (C=O) groups excluding carboxylic acids is 1. The normalized spacial score (nSPS) is 14.5. The van der Waals surface area contributed by atoms with E-state index in [1.165, 1.54) is 30.9 Å². The maximum absolute atomic E-state index is 14.8. The first-order valence-electron chi connectivity index (χ1n) is 15.0. The number of fused-ring (bicyclic) bond motifs is 1. The van der Waals surface area contributed by atoms with Crippen LogP contribution in [0.4, 0.5) is 4.39 Å². The van der Waals surface area contributed by atoms with Gasteiger partial charge in [0.15, 0.2) is 0 Å². The zero-order valence-electron chi connectivity index (χ0n) is 25.0. The summed E-state index contributed by atoms with van der Waals surface area (Å²) >= 11 is 0. The number of ether oxygens (including phenoxy) is 1. The van der Waals surface area contributed by atoms with E-state index in [9.17, 15) is 19.1 Å². The van der Waals surface area contributed by atoms with Crippen molar-refractivity contribution in [3.05, 3.63) is 101 Å². The van der Waals surface area contributed by atoms with Crippen LogP contribution in [0.5, 0.6) is 5.75 Å². The molecular weight excluding hydrogens is 543 g/mol. The SMILES string of the molecule is COc1cccc(CN2CCCCC2)c1-c1cccc2c(C[C@H](NC(=O)c3c(F)cccc3C(C)C)C(=O)O)cccc12. The molecule has 0 bridgehead atoms. The van der Waals surface area contributed by atoms with Gasteiger partial charge in [-0.2, -0.15) is 0 Å². The van der Waals surface area contributed by atoms with Gasteiger partial charge < -0.3 is 15.2 Å². The van der Waals surface area contributed by atoms with Crippen LogP contribution in [0.15, 0.2) is 72.8 Å². The first-order valence-corrected chi connectivity index (χ1v) is 15.0. The molecule has 5 rings (SSSR count). The van der Waals surface area contributed by atoms with E-state index >= 15 is 0 Å². The van der Waals surface area contributed by atoms with Crippen LogP contribution in [0.3, 0.4) is 0 Å². The van der Waals surface area contributed by atoms with Crippen molar-refractivity contribution in [2.75, 3.05) is 20.2 Å². The molecule has 0 aliphatic carbocycles. The van der Waals surface area contributed by atoms with E-state index in [1.807, 2.05) is 56.3 Å². The molecule has 224 valence electrons. The Hall–Kier alpha value is -4.23. The maximum atomic E-state index is 14.8. The van der Waals surface area contributed by atoms with Gasteiger partial charge in [-0.25, -0.2) is 9.18 Å². The summed E-state index contributed by atoms with van der Waals surface area (Å²) in [5.41, 5.74) is 4.42. The molecule has 0 spiro atoms. The number of amides is 1. The Kier molecular flexibility index (Phi) is 9.41. The van der Waals surface area contributed by atoms with Crippen molar-refractivity contribution in [1.82, 2.24) is 10.2 Å². The number of nitrogens with one attached hydrogen (secondary N) is 1. The van der Waals surface area contributed by atoms with E-state index in [4.69, 9.17) is 4.74 Å². The molecule has 1 amide bonds. The molecule has 1 saturated heterocycles. The Morgan fingerprint density at radius 3 is 2.30 bits per heavy atom. The molecule has 1 atom stereocenters. The number of carbonyl (C=O) groups is 2. The number of likely N-dealkylation sites (tertiary alicyclic amines) is 1. The van der Waals surface area contributed by atoms with Crippen LogP contribution >= 0.6 is 0 Å². The van der Waals surface area contributed by atoms with Crippen LogP contribution in [0.1, 0.15) is 66.1 Å². The van der Waals surface area contributed by atoms with E-state index in [-0.39, 0.29) is 17.9 Å². The molecule has 1 aliphatic rings. The molecule has 43 heavy (non-hydrogen) atoms. The number of aliphatic carboxylic acids is 1. The zero-order chi connectivity index (χ0) is 30.5. The number of nitrogens with zero attached hydrogens (tertiary/aromatic N) is 1. The van der Waals surface area contributed by atoms with E-state index < -0.39 is 23.7 Å². The largest absolute Gasteiger partial charge is 0.496 e. The van der Waals surface area contributed by atoms with Crippen LogP contribution < -0.4 is 10.1 Å². The molecule has 1 fully saturated rings. The second kappa shape index (κ2) is 13.4. The summed E-state index contributed by atoms with van der Waals surface area (Å²) in [6.07, 6.45) is 3.71. The molecule has 1 heterocycles. The summed E-state index contributed by atoms with van der Waals surface area (Å²) in [7, 11) is 1.68. The topological polar surface area (TPSA) is 78.9 Å². The van der Waals surface area contributed by atoms with Crippen molar-refractivity contribution >= 4 is 22.6 Å². The van der Waals surface area contributed by atoms with Gasteiger partial charge >= 0.3 is 5.97 Å². The maximum Gasteiger partial charge on any atom is 0.326 e. The highest BCUT2D eigenvalue weighted by Gasteiger charge is 2.26. The number of carboxylic acid groups (broad SMARTS) is 1. The lowest BCUT2D eigenvalue weighted by Gasteiger charge is -2.28. The Morgan fingerprint density at radius 2 is 1.58 bits per heavy atom. The van der Waals surface area contributed by atoms with Gasteiger partial charge in [0.1, 0.15) is 17.6 Å². The van der Waals surface area contributed by atoms with Crippen LogP contribution in [0.2, 0.25) is 0 Å². The molecule has 0 aromatic heterocycles. The molecule has 1 aliphatic heterocycles. The first kappa shape index (κ1) is 30.2. The third-order valence-electron chi connectivity index (χ3n) is 8.38. The predicted octanol–water partition coefficient (Wildman–Crippen LogP) is 7.19. The fourth-order valence-corrected chi connectivity index (χ4v) is 6.23. The number of methoxy groups -OCH3 is 1. The fraction of sp³-hybridized carbons (Fsp3) is 0.333. The quantitative estimate of drug-likeness (QED) is 0.207. The van der Waals surface area contributed by atoms with Gasteiger partial charge in [-0.3, -0.25) is 9.69 Å². The summed E-state index contributed by atoms with van der Waals surface area (Å²) in [5, 5.41) is 14.6. The number of hydrogen-bond acceptors (Lipinski definition) is 4. The predicted molar refractivity (Wildman–Crippen MR) is 168 cm³/mol. The van der Waals surface area contributed by atoms with Gasteiger partial charge in [0.05, 0.1) is 12.7 Å². The zero-order valence-corrected chi connectivity index (χ0v) is 25.0. The molecule has 4 aromatic rings. The third kappa shape index (κ3) is 6.57. The van der Waals surface area contributed by atoms with E-state index in [1.54, 1.807) is 19.2 Å². The van der Waals surface area contributed by atoms with Crippen molar-refractivity contribution in [3.8, 4) is 16.9 Å². The van der Waals surface area contributed by atoms with Crippen molar-refractivity contribution in [2.24, 2.45) is 0 Å². The van der Waals surface area contributed by atoms with Crippen molar-refractivity contribution in [2.45, 2.75) is 58.0 Å². The van der Waals surface area contributed by atoms with Crippen molar-refractivity contribution in [1.29, 1.82) is 0 Å². The smallest absolute Gasteiger partial charge is 0.326 e. The Bertz CT molecular complexity index is 1630. The number of piperidine rings is 1. The molecule has 4 aromatic carbocycles. The average Bonchev–Trinajstić information content (AvgIpc) is 3.00. The van der Waals surface area contributed by atoms with Crippen LogP contribution in [0, 0.1) is 5.82 Å². The number of carboxylic acids is 1. The summed E-state index contributed by atoms with van der Waals surface area (Å²) in [6.45, 7) is 6.71. The van der Waals surface area contributed by atoms with Crippen LogP contribution in [-0.2, 0) is 17.8 Å². The molecular formula is C36H39FN2O4. The molecule has 0 radical (unpaired) electrons. The van der Waals surface area contributed by atoms with Crippen molar-refractivity contribution in [3.63, 3.8) is 0 Å². The fourth-order valence-electron chi connectivity index (χ4n) is 6.23. The number of halogens is 1. The first-order chi connectivity index (χ1) is 20.8. The van der Waals surface area contributed by atoms with Gasteiger partial charge in [0.25, 0.3) is 5.91 Å². The highest BCUT2D eigenvalue weighted by Crippen LogP contribution is 2.39. The van der Waals surface area contributed by atoms with E-state index in [0.29, 0.717) is 5.56 Å². The number of rotatable bonds is 10. The monoisotopic (exact) mass is 582 g/mol. The lowest BCUT2D eigenvalue weighted by atomic mass is 9.90. The highest BCUT2D eigenvalue weighted by molar-refractivity contribution is 6.01. The van der Waals surface area contributed by atoms with Gasteiger partial charge in [0, 0.05) is 18.5 Å². The molecule has 7 heteroatoms. The summed E-state index contributed by atoms with van der Waals surface area (Å²) in [6, 6.07) is 21.2. The summed E-state index contributed by atoms with van der Waals surface area (Å²) in [4.78, 5) is 28.1. The lowest BCUT2D eigenvalue weighted by molar-refractivity contribution is -0.139. The van der Waals surface area contributed by atoms with Crippen LogP contribution in [0.25, 0.3) is 21.9 Å². The van der Waals surface area contributed by atoms with Gasteiger partial charge in [0.2, 0.25) is 0 Å². The third-order valence-corrected chi connectivity index (χ3v) is 8.38. The van der Waals surface area contributed by atoms with Gasteiger partial charge in [-0.15, -0.1) is 0 Å². The molecule has 6 nitrogen and oxygen atoms in total. The second-order valence-electron chi connectivity index (χ2n) is 11.6. The van der Waals surface area contributed by atoms with E-state index in [2.05, 4.69) is 22.3 Å². The number of benzene rings is 4. The summed E-state index contributed by atoms with van der Waals surface area (Å²) in [5.74, 6) is -1.90. The Labute approximate surface area is 252 Å². The average molecular weight is 583 g/mol. The lowest BCUT2D eigenvalue weighted by Crippen LogP contribution is -2.43. The second-order valence-corrected chi connectivity index (χ2v) is 11.6. The molecule has 2 N–H and O–H groups in total. The standard InChI is InChI=1S/C36H39FN2O4/c1-23(2)26-13-10-17-30(37)34(26)35(40)38-31(36(41)42)21-24-11-7-15-28-27(24)14-9-16-29(28)33-25(12-8-18-32(33)43-3)22-39-19-5-4-6-20-39/h7-18,23,31H,4-6,19-22H2,1-3H3,(H,38,40)(H,41,42)/t31-/m0/s1. The van der Waals surface area contributed by atoms with E-state index in [0.717, 1.165) is 52.8 Å². The van der Waals surface area contributed by atoms with Gasteiger partial charge in [-0.1, -0.05) is 80.9 Å². The minimum atomic E-state index is -1.25.